The highest BCUT2D eigenvalue weighted by atomic mass is 35.5. The van der Waals surface area contributed by atoms with Crippen molar-refractivity contribution in [3.8, 4) is 17.3 Å². The van der Waals surface area contributed by atoms with E-state index >= 15 is 0 Å². The van der Waals surface area contributed by atoms with Crippen LogP contribution >= 0.6 is 22.9 Å². The van der Waals surface area contributed by atoms with Crippen molar-refractivity contribution in [1.29, 1.82) is 5.26 Å². The first kappa shape index (κ1) is 16.5. The minimum atomic E-state index is 0.545. The van der Waals surface area contributed by atoms with Gasteiger partial charge in [0.25, 0.3) is 0 Å². The molecule has 4 heteroatoms. The van der Waals surface area contributed by atoms with Gasteiger partial charge in [0.15, 0.2) is 0 Å². The highest BCUT2D eigenvalue weighted by Gasteiger charge is 2.11. The molecule has 0 aliphatic heterocycles. The SMILES string of the molecule is N#CC(=Cc1ccc(Cl)cc1)c1nc(-c2cccc3ccccc23)cs1. The summed E-state index contributed by atoms with van der Waals surface area (Å²) in [6.07, 6.45) is 1.84. The van der Waals surface area contributed by atoms with Crippen LogP contribution in [0.3, 0.4) is 0 Å². The van der Waals surface area contributed by atoms with Crippen molar-refractivity contribution in [1.82, 2.24) is 4.98 Å². The second-order valence-electron chi connectivity index (χ2n) is 5.79. The number of halogens is 1. The van der Waals surface area contributed by atoms with Crippen LogP contribution in [-0.2, 0) is 0 Å². The van der Waals surface area contributed by atoms with Crippen LogP contribution in [0, 0.1) is 11.3 Å². The maximum atomic E-state index is 9.57. The summed E-state index contributed by atoms with van der Waals surface area (Å²) in [6, 6.07) is 24.1. The smallest absolute Gasteiger partial charge is 0.134 e. The molecule has 124 valence electrons. The molecule has 0 saturated carbocycles. The van der Waals surface area contributed by atoms with Gasteiger partial charge in [0.05, 0.1) is 11.3 Å². The number of aromatic nitrogens is 1. The van der Waals surface area contributed by atoms with Gasteiger partial charge in [-0.2, -0.15) is 5.26 Å². The van der Waals surface area contributed by atoms with Gasteiger partial charge in [-0.15, -0.1) is 11.3 Å². The van der Waals surface area contributed by atoms with E-state index in [2.05, 4.69) is 30.3 Å². The van der Waals surface area contributed by atoms with Crippen molar-refractivity contribution < 1.29 is 0 Å². The summed E-state index contributed by atoms with van der Waals surface area (Å²) in [5.41, 5.74) is 3.44. The van der Waals surface area contributed by atoms with Gasteiger partial charge in [-0.1, -0.05) is 66.2 Å². The van der Waals surface area contributed by atoms with Crippen LogP contribution in [0.25, 0.3) is 33.7 Å². The zero-order chi connectivity index (χ0) is 17.9. The Morgan fingerprint density at radius 3 is 2.58 bits per heavy atom. The predicted molar refractivity (Wildman–Crippen MR) is 110 cm³/mol. The van der Waals surface area contributed by atoms with E-state index in [1.165, 1.54) is 16.7 Å². The number of hydrogen-bond donors (Lipinski definition) is 0. The number of fused-ring (bicyclic) bond motifs is 1. The molecule has 26 heavy (non-hydrogen) atoms. The molecular weight excluding hydrogens is 360 g/mol. The van der Waals surface area contributed by atoms with Crippen LogP contribution in [0.4, 0.5) is 0 Å². The number of nitrogens with zero attached hydrogens (tertiary/aromatic N) is 2. The van der Waals surface area contributed by atoms with Crippen molar-refractivity contribution in [3.63, 3.8) is 0 Å². The van der Waals surface area contributed by atoms with Crippen molar-refractivity contribution in [3.05, 3.63) is 87.7 Å². The average Bonchev–Trinajstić information content (AvgIpc) is 3.17. The van der Waals surface area contributed by atoms with E-state index in [0.717, 1.165) is 22.2 Å². The van der Waals surface area contributed by atoms with E-state index in [1.807, 2.05) is 53.9 Å². The highest BCUT2D eigenvalue weighted by Crippen LogP contribution is 2.31. The Kier molecular flexibility index (Phi) is 4.53. The lowest BCUT2D eigenvalue weighted by atomic mass is 10.0. The van der Waals surface area contributed by atoms with Crippen molar-refractivity contribution >= 4 is 45.4 Å². The number of thiazole rings is 1. The number of allylic oxidation sites excluding steroid dienone is 1. The molecule has 0 bridgehead atoms. The van der Waals surface area contributed by atoms with Gasteiger partial charge in [-0.3, -0.25) is 0 Å². The van der Waals surface area contributed by atoms with E-state index in [4.69, 9.17) is 16.6 Å². The molecule has 0 aliphatic rings. The first-order valence-electron chi connectivity index (χ1n) is 8.06. The Labute approximate surface area is 160 Å². The Morgan fingerprint density at radius 2 is 1.77 bits per heavy atom. The molecule has 0 atom stereocenters. The van der Waals surface area contributed by atoms with E-state index in [1.54, 1.807) is 0 Å². The lowest BCUT2D eigenvalue weighted by molar-refractivity contribution is 1.38. The summed E-state index contributed by atoms with van der Waals surface area (Å²) >= 11 is 7.40. The van der Waals surface area contributed by atoms with Gasteiger partial charge in [0.2, 0.25) is 0 Å². The molecule has 3 aromatic carbocycles. The molecule has 2 nitrogen and oxygen atoms in total. The zero-order valence-corrected chi connectivity index (χ0v) is 15.3. The van der Waals surface area contributed by atoms with Crippen LogP contribution in [-0.4, -0.2) is 4.98 Å². The van der Waals surface area contributed by atoms with Crippen molar-refractivity contribution in [2.45, 2.75) is 0 Å². The van der Waals surface area contributed by atoms with Crippen molar-refractivity contribution in [2.24, 2.45) is 0 Å². The summed E-state index contributed by atoms with van der Waals surface area (Å²) < 4.78 is 0. The number of benzene rings is 3. The lowest BCUT2D eigenvalue weighted by Crippen LogP contribution is -1.84. The number of nitriles is 1. The molecule has 0 saturated heterocycles. The fourth-order valence-electron chi connectivity index (χ4n) is 2.84. The highest BCUT2D eigenvalue weighted by molar-refractivity contribution is 7.11. The molecule has 4 aromatic rings. The summed E-state index contributed by atoms with van der Waals surface area (Å²) in [5.74, 6) is 0. The summed E-state index contributed by atoms with van der Waals surface area (Å²) in [5, 5.41) is 15.3. The summed E-state index contributed by atoms with van der Waals surface area (Å²) in [6.45, 7) is 0. The second kappa shape index (κ2) is 7.13. The maximum Gasteiger partial charge on any atom is 0.134 e. The van der Waals surface area contributed by atoms with Crippen LogP contribution in [0.1, 0.15) is 10.6 Å². The Balaban J connectivity index is 1.75. The standard InChI is InChI=1S/C22H13ClN2S/c23-18-10-8-15(9-11-18)12-17(13-24)22-25-21(14-26-22)20-7-3-5-16-4-1-2-6-19(16)20/h1-12,14H. The minimum Gasteiger partial charge on any atom is -0.235 e. The fourth-order valence-corrected chi connectivity index (χ4v) is 3.75. The van der Waals surface area contributed by atoms with Crippen LogP contribution < -0.4 is 0 Å². The van der Waals surface area contributed by atoms with E-state index in [0.29, 0.717) is 15.6 Å². The molecule has 1 aromatic heterocycles. The molecule has 4 rings (SSSR count). The molecule has 0 unspecified atom stereocenters. The van der Waals surface area contributed by atoms with Crippen LogP contribution in [0.15, 0.2) is 72.1 Å². The monoisotopic (exact) mass is 372 g/mol. The zero-order valence-electron chi connectivity index (χ0n) is 13.7. The molecule has 0 radical (unpaired) electrons. The summed E-state index contributed by atoms with van der Waals surface area (Å²) in [4.78, 5) is 4.72. The van der Waals surface area contributed by atoms with Crippen LogP contribution in [0.5, 0.6) is 0 Å². The third-order valence-corrected chi connectivity index (χ3v) is 5.23. The lowest BCUT2D eigenvalue weighted by Gasteiger charge is -2.03. The van der Waals surface area contributed by atoms with Gasteiger partial charge in [-0.05, 0) is 34.5 Å². The first-order chi connectivity index (χ1) is 12.7. The normalized spacial score (nSPS) is 11.5. The Bertz CT molecular complexity index is 1150. The molecular formula is C22H13ClN2S. The quantitative estimate of drug-likeness (QED) is 0.376. The van der Waals surface area contributed by atoms with Gasteiger partial charge in [0, 0.05) is 16.0 Å². The topological polar surface area (TPSA) is 36.7 Å². The van der Waals surface area contributed by atoms with Crippen LogP contribution in [0.2, 0.25) is 5.02 Å². The third kappa shape index (κ3) is 3.25. The fraction of sp³-hybridized carbons (Fsp3) is 0. The van der Waals surface area contributed by atoms with E-state index in [9.17, 15) is 5.26 Å². The molecule has 0 spiro atoms. The van der Waals surface area contributed by atoms with Gasteiger partial charge in [-0.25, -0.2) is 4.98 Å². The third-order valence-electron chi connectivity index (χ3n) is 4.10. The molecule has 0 fully saturated rings. The predicted octanol–water partition coefficient (Wildman–Crippen LogP) is 6.68. The molecule has 0 amide bonds. The minimum absolute atomic E-state index is 0.545. The molecule has 1 heterocycles. The maximum absolute atomic E-state index is 9.57. The first-order valence-corrected chi connectivity index (χ1v) is 9.32. The van der Waals surface area contributed by atoms with Gasteiger partial charge >= 0.3 is 0 Å². The molecule has 0 aliphatic carbocycles. The second-order valence-corrected chi connectivity index (χ2v) is 7.08. The average molecular weight is 373 g/mol. The van der Waals surface area contributed by atoms with Gasteiger partial charge in [0.1, 0.15) is 11.1 Å². The van der Waals surface area contributed by atoms with E-state index in [-0.39, 0.29) is 0 Å². The number of hydrogen-bond acceptors (Lipinski definition) is 3. The Hall–Kier alpha value is -2.93. The Morgan fingerprint density at radius 1 is 1.00 bits per heavy atom. The molecule has 0 N–H and O–H groups in total. The number of rotatable bonds is 3. The van der Waals surface area contributed by atoms with Gasteiger partial charge < -0.3 is 0 Å². The summed E-state index contributed by atoms with van der Waals surface area (Å²) in [7, 11) is 0. The van der Waals surface area contributed by atoms with Crippen molar-refractivity contribution in [2.75, 3.05) is 0 Å². The largest absolute Gasteiger partial charge is 0.235 e. The van der Waals surface area contributed by atoms with E-state index < -0.39 is 0 Å².